The maximum atomic E-state index is 9.37. The largest absolute Gasteiger partial charge is 0.198 e. The predicted octanol–water partition coefficient (Wildman–Crippen LogP) is 8.29. The van der Waals surface area contributed by atoms with Crippen LogP contribution in [-0.2, 0) is 0 Å². The van der Waals surface area contributed by atoms with Gasteiger partial charge < -0.3 is 0 Å². The maximum Gasteiger partial charge on any atom is 0.0686 e. The van der Waals surface area contributed by atoms with Gasteiger partial charge in [-0.15, -0.1) is 0 Å². The van der Waals surface area contributed by atoms with Crippen molar-refractivity contribution >= 4 is 0 Å². The van der Waals surface area contributed by atoms with Gasteiger partial charge in [-0.3, -0.25) is 0 Å². The summed E-state index contributed by atoms with van der Waals surface area (Å²) in [6, 6.07) is 2.58. The quantitative estimate of drug-likeness (QED) is 0.413. The summed E-state index contributed by atoms with van der Waals surface area (Å²) in [6.07, 6.45) is 24.4. The zero-order valence-corrected chi connectivity index (χ0v) is 18.4. The van der Waals surface area contributed by atoms with Crippen LogP contribution in [0.3, 0.4) is 0 Å². The van der Waals surface area contributed by atoms with E-state index >= 15 is 0 Å². The van der Waals surface area contributed by atoms with Crippen LogP contribution in [0, 0.1) is 46.3 Å². The summed E-state index contributed by atoms with van der Waals surface area (Å²) in [6.45, 7) is 4.50. The van der Waals surface area contributed by atoms with Gasteiger partial charge in [0.25, 0.3) is 0 Å². The Labute approximate surface area is 169 Å². The molecule has 0 radical (unpaired) electrons. The number of rotatable bonds is 7. The van der Waals surface area contributed by atoms with Crippen LogP contribution in [0.4, 0.5) is 0 Å². The molecule has 0 aromatic rings. The van der Waals surface area contributed by atoms with E-state index < -0.39 is 0 Å². The van der Waals surface area contributed by atoms with Crippen LogP contribution in [0.15, 0.2) is 0 Å². The summed E-state index contributed by atoms with van der Waals surface area (Å²) >= 11 is 0. The molecule has 3 saturated carbocycles. The second-order valence-corrected chi connectivity index (χ2v) is 10.8. The van der Waals surface area contributed by atoms with E-state index in [2.05, 4.69) is 19.9 Å². The molecule has 3 rings (SSSR count). The molecule has 0 amide bonds. The van der Waals surface area contributed by atoms with Crippen molar-refractivity contribution in [2.24, 2.45) is 35.0 Å². The lowest BCUT2D eigenvalue weighted by Crippen LogP contribution is -2.31. The Balaban J connectivity index is 1.33. The Hall–Kier alpha value is -0.510. The van der Waals surface area contributed by atoms with Gasteiger partial charge in [-0.05, 0) is 101 Å². The molecule has 1 heteroatoms. The summed E-state index contributed by atoms with van der Waals surface area (Å²) in [5, 5.41) is 9.37. The van der Waals surface area contributed by atoms with Gasteiger partial charge in [0.1, 0.15) is 0 Å². The highest BCUT2D eigenvalue weighted by atomic mass is 14.4. The standard InChI is InChI=1S/C26H45N/c1-3-4-5-6-7-21-8-10-22(11-9-21)23-12-14-24(15-13-23)25-16-18-26(2,20-27)19-17-25/h21-25H,3-19H2,1-2H3. The average molecular weight is 372 g/mol. The maximum absolute atomic E-state index is 9.37. The van der Waals surface area contributed by atoms with Crippen LogP contribution < -0.4 is 0 Å². The van der Waals surface area contributed by atoms with Gasteiger partial charge in [0.2, 0.25) is 0 Å². The van der Waals surface area contributed by atoms with E-state index in [1.165, 1.54) is 96.3 Å². The highest BCUT2D eigenvalue weighted by molar-refractivity contribution is 4.99. The topological polar surface area (TPSA) is 23.8 Å². The van der Waals surface area contributed by atoms with E-state index in [4.69, 9.17) is 0 Å². The highest BCUT2D eigenvalue weighted by Gasteiger charge is 2.37. The van der Waals surface area contributed by atoms with Crippen LogP contribution in [0.2, 0.25) is 0 Å². The molecule has 0 atom stereocenters. The third-order valence-electron chi connectivity index (χ3n) is 8.91. The van der Waals surface area contributed by atoms with Gasteiger partial charge in [-0.1, -0.05) is 51.9 Å². The van der Waals surface area contributed by atoms with E-state index in [0.29, 0.717) is 0 Å². The Bertz CT molecular complexity index is 451. The first kappa shape index (κ1) is 21.2. The van der Waals surface area contributed by atoms with Crippen molar-refractivity contribution in [3.05, 3.63) is 0 Å². The van der Waals surface area contributed by atoms with Gasteiger partial charge in [-0.25, -0.2) is 0 Å². The second kappa shape index (κ2) is 10.3. The summed E-state index contributed by atoms with van der Waals surface area (Å²) in [5.41, 5.74) is -0.0110. The normalized spacial score (nSPS) is 40.4. The fourth-order valence-electron chi connectivity index (χ4n) is 6.76. The Morgan fingerprint density at radius 1 is 0.704 bits per heavy atom. The molecule has 0 aromatic carbocycles. The highest BCUT2D eigenvalue weighted by Crippen LogP contribution is 2.48. The number of nitrogens with zero attached hydrogens (tertiary/aromatic N) is 1. The minimum Gasteiger partial charge on any atom is -0.198 e. The summed E-state index contributed by atoms with van der Waals surface area (Å²) < 4.78 is 0. The number of hydrogen-bond acceptors (Lipinski definition) is 1. The molecule has 0 unspecified atom stereocenters. The number of hydrogen-bond donors (Lipinski definition) is 0. The van der Waals surface area contributed by atoms with Crippen molar-refractivity contribution in [3.8, 4) is 6.07 Å². The second-order valence-electron chi connectivity index (χ2n) is 10.8. The minimum absolute atomic E-state index is 0.0110. The minimum atomic E-state index is -0.0110. The molecule has 0 saturated heterocycles. The molecule has 3 aliphatic rings. The number of nitriles is 1. The third kappa shape index (κ3) is 5.98. The van der Waals surface area contributed by atoms with Crippen molar-refractivity contribution in [2.75, 3.05) is 0 Å². The number of unbranched alkanes of at least 4 members (excludes halogenated alkanes) is 3. The molecule has 0 bridgehead atoms. The zero-order chi connectivity index (χ0) is 19.1. The predicted molar refractivity (Wildman–Crippen MR) is 115 cm³/mol. The van der Waals surface area contributed by atoms with Crippen LogP contribution >= 0.6 is 0 Å². The smallest absolute Gasteiger partial charge is 0.0686 e. The Morgan fingerprint density at radius 2 is 1.19 bits per heavy atom. The van der Waals surface area contributed by atoms with Crippen LogP contribution in [0.25, 0.3) is 0 Å². The fourth-order valence-corrected chi connectivity index (χ4v) is 6.76. The molecule has 3 aliphatic carbocycles. The summed E-state index contributed by atoms with van der Waals surface area (Å²) in [5.74, 6) is 5.10. The van der Waals surface area contributed by atoms with Crippen molar-refractivity contribution in [1.82, 2.24) is 0 Å². The SMILES string of the molecule is CCCCCCC1CCC(C2CCC(C3CCC(C)(C#N)CC3)CC2)CC1. The molecule has 1 nitrogen and oxygen atoms in total. The van der Waals surface area contributed by atoms with E-state index in [1.807, 2.05) is 0 Å². The lowest BCUT2D eigenvalue weighted by molar-refractivity contribution is 0.0962. The van der Waals surface area contributed by atoms with Crippen molar-refractivity contribution < 1.29 is 0 Å². The van der Waals surface area contributed by atoms with E-state index in [9.17, 15) is 5.26 Å². The molecule has 0 aliphatic heterocycles. The fraction of sp³-hybridized carbons (Fsp3) is 0.962. The first-order valence-electron chi connectivity index (χ1n) is 12.5. The molecule has 3 fully saturated rings. The van der Waals surface area contributed by atoms with Crippen LogP contribution in [0.5, 0.6) is 0 Å². The first-order chi connectivity index (χ1) is 13.1. The third-order valence-corrected chi connectivity index (χ3v) is 8.91. The summed E-state index contributed by atoms with van der Waals surface area (Å²) in [4.78, 5) is 0. The monoisotopic (exact) mass is 371 g/mol. The van der Waals surface area contributed by atoms with E-state index in [-0.39, 0.29) is 5.41 Å². The molecular weight excluding hydrogens is 326 g/mol. The van der Waals surface area contributed by atoms with E-state index in [0.717, 1.165) is 42.4 Å². The van der Waals surface area contributed by atoms with Gasteiger partial charge in [0, 0.05) is 0 Å². The molecule has 27 heavy (non-hydrogen) atoms. The van der Waals surface area contributed by atoms with Crippen molar-refractivity contribution in [1.29, 1.82) is 5.26 Å². The average Bonchev–Trinajstić information content (AvgIpc) is 2.72. The molecule has 0 spiro atoms. The molecular formula is C26H45N. The van der Waals surface area contributed by atoms with Crippen LogP contribution in [-0.4, -0.2) is 0 Å². The zero-order valence-electron chi connectivity index (χ0n) is 18.4. The Morgan fingerprint density at radius 3 is 1.67 bits per heavy atom. The summed E-state index contributed by atoms with van der Waals surface area (Å²) in [7, 11) is 0. The lowest BCUT2D eigenvalue weighted by atomic mass is 9.63. The van der Waals surface area contributed by atoms with Gasteiger partial charge in [0.15, 0.2) is 0 Å². The molecule has 0 heterocycles. The van der Waals surface area contributed by atoms with E-state index in [1.54, 1.807) is 0 Å². The van der Waals surface area contributed by atoms with Gasteiger partial charge in [0.05, 0.1) is 11.5 Å². The van der Waals surface area contributed by atoms with Crippen LogP contribution in [0.1, 0.15) is 123 Å². The van der Waals surface area contributed by atoms with Gasteiger partial charge >= 0.3 is 0 Å². The first-order valence-corrected chi connectivity index (χ1v) is 12.5. The van der Waals surface area contributed by atoms with Crippen molar-refractivity contribution in [2.45, 2.75) is 123 Å². The molecule has 0 N–H and O–H groups in total. The molecule has 154 valence electrons. The molecule has 0 aromatic heterocycles. The Kier molecular flexibility index (Phi) is 8.10. The lowest BCUT2D eigenvalue weighted by Gasteiger charge is -2.42. The van der Waals surface area contributed by atoms with Gasteiger partial charge in [-0.2, -0.15) is 5.26 Å². The van der Waals surface area contributed by atoms with Crippen molar-refractivity contribution in [3.63, 3.8) is 0 Å².